The number of hydrogen-bond donors (Lipinski definition) is 3. The number of hydrogen-bond acceptors (Lipinski definition) is 4. The van der Waals surface area contributed by atoms with Gasteiger partial charge in [0.1, 0.15) is 18.1 Å². The van der Waals surface area contributed by atoms with E-state index in [0.717, 1.165) is 0 Å². The third kappa shape index (κ3) is 2.42. The second-order valence-corrected chi connectivity index (χ2v) is 4.65. The number of carbonyl (C=O) groups is 2. The maximum Gasteiger partial charge on any atom is 0.322 e. The van der Waals surface area contributed by atoms with E-state index in [1.807, 2.05) is 0 Å². The van der Waals surface area contributed by atoms with Crippen molar-refractivity contribution in [2.75, 3.05) is 11.4 Å². The summed E-state index contributed by atoms with van der Waals surface area (Å²) < 4.78 is 0. The van der Waals surface area contributed by atoms with Crippen LogP contribution in [-0.4, -0.2) is 38.8 Å². The Balaban J connectivity index is 1.76. The lowest BCUT2D eigenvalue weighted by atomic mass is 10.0. The predicted octanol–water partition coefficient (Wildman–Crippen LogP) is 0.703. The average molecular weight is 287 g/mol. The molecule has 2 amide bonds. The summed E-state index contributed by atoms with van der Waals surface area (Å²) in [5.74, 6) is -1.10. The molecule has 3 rings (SSSR count). The molecule has 0 saturated heterocycles. The molecule has 3 N–H and O–H groups in total. The highest BCUT2D eigenvalue weighted by molar-refractivity contribution is 5.97. The molecule has 0 spiro atoms. The number of urea groups is 1. The van der Waals surface area contributed by atoms with E-state index in [2.05, 4.69) is 20.5 Å². The Hall–Kier alpha value is -2.90. The van der Waals surface area contributed by atoms with Gasteiger partial charge in [0.2, 0.25) is 0 Å². The first-order chi connectivity index (χ1) is 10.2. The number of carboxylic acids is 1. The van der Waals surface area contributed by atoms with E-state index < -0.39 is 11.9 Å². The fourth-order valence-electron chi connectivity index (χ4n) is 2.38. The van der Waals surface area contributed by atoms with Crippen molar-refractivity contribution >= 4 is 17.7 Å². The van der Waals surface area contributed by atoms with Gasteiger partial charge in [-0.15, -0.1) is 0 Å². The van der Waals surface area contributed by atoms with Gasteiger partial charge in [0.15, 0.2) is 0 Å². The maximum atomic E-state index is 12.2. The molecule has 1 atom stereocenters. The fraction of sp³-hybridized carbons (Fsp3) is 0.231. The Morgan fingerprint density at radius 2 is 2.24 bits per heavy atom. The number of aliphatic carboxylic acids is 1. The molecule has 1 unspecified atom stereocenters. The summed E-state index contributed by atoms with van der Waals surface area (Å²) in [5.41, 5.74) is 1.28. The topological polar surface area (TPSA) is 111 Å². The van der Waals surface area contributed by atoms with Crippen molar-refractivity contribution in [1.82, 2.24) is 20.5 Å². The van der Waals surface area contributed by atoms with Crippen LogP contribution in [0, 0.1) is 0 Å². The third-order valence-corrected chi connectivity index (χ3v) is 3.38. The van der Waals surface area contributed by atoms with Gasteiger partial charge < -0.3 is 10.4 Å². The minimum atomic E-state index is -0.937. The van der Waals surface area contributed by atoms with Crippen LogP contribution in [0.15, 0.2) is 30.6 Å². The number of fused-ring (bicyclic) bond motifs is 1. The lowest BCUT2D eigenvalue weighted by molar-refractivity contribution is -0.138. The van der Waals surface area contributed by atoms with E-state index in [1.54, 1.807) is 24.3 Å². The first-order valence-corrected chi connectivity index (χ1v) is 6.38. The van der Waals surface area contributed by atoms with Gasteiger partial charge in [-0.25, -0.2) is 9.78 Å². The summed E-state index contributed by atoms with van der Waals surface area (Å²) >= 11 is 0. The summed E-state index contributed by atoms with van der Waals surface area (Å²) in [4.78, 5) is 28.9. The second-order valence-electron chi connectivity index (χ2n) is 4.65. The van der Waals surface area contributed by atoms with Crippen LogP contribution in [0.3, 0.4) is 0 Å². The summed E-state index contributed by atoms with van der Waals surface area (Å²) in [6, 6.07) is 6.66. The van der Waals surface area contributed by atoms with Crippen LogP contribution in [0.25, 0.3) is 0 Å². The van der Waals surface area contributed by atoms with Crippen LogP contribution in [0.5, 0.6) is 0 Å². The van der Waals surface area contributed by atoms with E-state index in [9.17, 15) is 14.7 Å². The molecular weight excluding hydrogens is 274 g/mol. The zero-order valence-electron chi connectivity index (χ0n) is 11.0. The third-order valence-electron chi connectivity index (χ3n) is 3.38. The van der Waals surface area contributed by atoms with Gasteiger partial charge >= 0.3 is 12.0 Å². The van der Waals surface area contributed by atoms with Gasteiger partial charge in [0.25, 0.3) is 0 Å². The zero-order valence-corrected chi connectivity index (χ0v) is 11.0. The Morgan fingerprint density at radius 3 is 2.95 bits per heavy atom. The summed E-state index contributed by atoms with van der Waals surface area (Å²) in [5, 5.41) is 18.3. The first kappa shape index (κ1) is 13.1. The number of anilines is 1. The normalized spacial score (nSPS) is 16.6. The maximum absolute atomic E-state index is 12.2. The zero-order chi connectivity index (χ0) is 14.8. The smallest absolute Gasteiger partial charge is 0.322 e. The van der Waals surface area contributed by atoms with Crippen LogP contribution in [0.2, 0.25) is 0 Å². The number of aromatic amines is 1. The molecular formula is C13H13N5O3. The quantitative estimate of drug-likeness (QED) is 0.769. The molecule has 2 aromatic rings. The Kier molecular flexibility index (Phi) is 3.27. The van der Waals surface area contributed by atoms with Crippen LogP contribution < -0.4 is 10.2 Å². The minimum absolute atomic E-state index is 0.122. The molecule has 0 radical (unpaired) electrons. The van der Waals surface area contributed by atoms with Gasteiger partial charge in [0.05, 0.1) is 6.54 Å². The molecule has 1 aromatic heterocycles. The number of benzene rings is 1. The average Bonchev–Trinajstić information content (AvgIpc) is 3.12. The molecule has 0 saturated carbocycles. The highest BCUT2D eigenvalue weighted by atomic mass is 16.4. The summed E-state index contributed by atoms with van der Waals surface area (Å²) in [7, 11) is 0. The van der Waals surface area contributed by atoms with Crippen molar-refractivity contribution in [3.63, 3.8) is 0 Å². The van der Waals surface area contributed by atoms with Gasteiger partial charge in [-0.2, -0.15) is 5.10 Å². The number of nitrogens with one attached hydrogen (secondary N) is 2. The predicted molar refractivity (Wildman–Crippen MR) is 72.8 cm³/mol. The minimum Gasteiger partial charge on any atom is -0.481 e. The molecule has 8 nitrogen and oxygen atoms in total. The standard InChI is InChI=1S/C13H13N5O3/c19-12(20)9-6-18(10-4-2-1-3-8(9)10)13(21)14-5-11-15-7-16-17-11/h1-4,7,9H,5-6H2,(H,14,21)(H,19,20)(H,15,16,17). The summed E-state index contributed by atoms with van der Waals surface area (Å²) in [6.45, 7) is 0.326. The largest absolute Gasteiger partial charge is 0.481 e. The first-order valence-electron chi connectivity index (χ1n) is 6.38. The molecule has 1 aliphatic heterocycles. The highest BCUT2D eigenvalue weighted by Crippen LogP contribution is 2.36. The molecule has 2 heterocycles. The number of rotatable bonds is 3. The van der Waals surface area contributed by atoms with Crippen LogP contribution in [0.1, 0.15) is 17.3 Å². The lowest BCUT2D eigenvalue weighted by Crippen LogP contribution is -2.39. The highest BCUT2D eigenvalue weighted by Gasteiger charge is 2.36. The molecule has 1 aliphatic rings. The Bertz CT molecular complexity index is 670. The monoisotopic (exact) mass is 287 g/mol. The number of H-pyrrole nitrogens is 1. The van der Waals surface area contributed by atoms with Crippen LogP contribution in [0.4, 0.5) is 10.5 Å². The van der Waals surface area contributed by atoms with Gasteiger partial charge in [-0.1, -0.05) is 18.2 Å². The van der Waals surface area contributed by atoms with E-state index >= 15 is 0 Å². The van der Waals surface area contributed by atoms with E-state index in [1.165, 1.54) is 11.2 Å². The molecule has 21 heavy (non-hydrogen) atoms. The van der Waals surface area contributed by atoms with Crippen LogP contribution in [-0.2, 0) is 11.3 Å². The van der Waals surface area contributed by atoms with E-state index in [4.69, 9.17) is 0 Å². The van der Waals surface area contributed by atoms with Crippen molar-refractivity contribution < 1.29 is 14.7 Å². The molecule has 0 fully saturated rings. The van der Waals surface area contributed by atoms with Gasteiger partial charge in [-0.05, 0) is 11.6 Å². The van der Waals surface area contributed by atoms with Crippen molar-refractivity contribution in [2.45, 2.75) is 12.5 Å². The van der Waals surface area contributed by atoms with Gasteiger partial charge in [0, 0.05) is 12.2 Å². The molecule has 0 aliphatic carbocycles. The van der Waals surface area contributed by atoms with E-state index in [0.29, 0.717) is 17.1 Å². The van der Waals surface area contributed by atoms with Gasteiger partial charge in [-0.3, -0.25) is 14.8 Å². The SMILES string of the molecule is O=C(O)C1CN(C(=O)NCc2ncn[nH]2)c2ccccc21. The number of carboxylic acid groups (broad SMARTS) is 1. The number of amides is 2. The van der Waals surface area contributed by atoms with Crippen molar-refractivity contribution in [1.29, 1.82) is 0 Å². The molecule has 0 bridgehead atoms. The molecule has 1 aromatic carbocycles. The van der Waals surface area contributed by atoms with E-state index in [-0.39, 0.29) is 19.1 Å². The number of nitrogens with zero attached hydrogens (tertiary/aromatic N) is 3. The lowest BCUT2D eigenvalue weighted by Gasteiger charge is -2.17. The fourth-order valence-corrected chi connectivity index (χ4v) is 2.38. The second kappa shape index (κ2) is 5.23. The van der Waals surface area contributed by atoms with Crippen molar-refractivity contribution in [2.24, 2.45) is 0 Å². The molecule has 8 heteroatoms. The Labute approximate surface area is 119 Å². The number of carbonyl (C=O) groups excluding carboxylic acids is 1. The molecule has 108 valence electrons. The van der Waals surface area contributed by atoms with Crippen LogP contribution >= 0.6 is 0 Å². The Morgan fingerprint density at radius 1 is 1.43 bits per heavy atom. The van der Waals surface area contributed by atoms with Crippen molar-refractivity contribution in [3.05, 3.63) is 42.0 Å². The number of para-hydroxylation sites is 1. The number of aromatic nitrogens is 3. The van der Waals surface area contributed by atoms with Crippen molar-refractivity contribution in [3.8, 4) is 0 Å². The summed E-state index contributed by atoms with van der Waals surface area (Å²) in [6.07, 6.45) is 1.35.